The Morgan fingerprint density at radius 2 is 1.73 bits per heavy atom. The molecule has 15 heteroatoms. The number of aromatic carboxylic acids is 1. The summed E-state index contributed by atoms with van der Waals surface area (Å²) in [5.41, 5.74) is -0.977. The van der Waals surface area contributed by atoms with Crippen molar-refractivity contribution in [2.45, 2.75) is 90.8 Å². The van der Waals surface area contributed by atoms with Gasteiger partial charge in [0.15, 0.2) is 0 Å². The second kappa shape index (κ2) is 15.0. The van der Waals surface area contributed by atoms with E-state index >= 15 is 0 Å². The van der Waals surface area contributed by atoms with Gasteiger partial charge in [-0.1, -0.05) is 12.1 Å². The summed E-state index contributed by atoms with van der Waals surface area (Å²) in [4.78, 5) is 52.5. The smallest absolute Gasteiger partial charge is 0.534 e. The van der Waals surface area contributed by atoms with Crippen molar-refractivity contribution in [3.8, 4) is 5.75 Å². The fraction of sp³-hybridized carbons (Fsp3) is 0.633. The third-order valence-electron chi connectivity index (χ3n) is 7.33. The van der Waals surface area contributed by atoms with Crippen LogP contribution in [-0.4, -0.2) is 100 Å². The standard InChI is InChI=1S/C30H46BN5O9/c1-29(2,3)43-27(40)34-26(32)36(28(41)44-30(4,5)6)17-16-35-14-12-19(13-15-35)10-11-23(37)33-22-18-20-8-7-9-21(25(38)39)24(20)45-31(22)42/h7-9,19,22,42H,10-18H2,1-6H3,(H,33,37)(H,38,39)(H2,32,34,40). The topological polar surface area (TPSA) is 191 Å². The number of hydrogen-bond acceptors (Lipinski definition) is 10. The monoisotopic (exact) mass is 631 g/mol. The lowest BCUT2D eigenvalue weighted by Gasteiger charge is -2.34. The molecule has 0 spiro atoms. The van der Waals surface area contributed by atoms with Crippen LogP contribution >= 0.6 is 0 Å². The van der Waals surface area contributed by atoms with Crippen LogP contribution in [0.4, 0.5) is 9.59 Å². The number of ether oxygens (including phenoxy) is 2. The third kappa shape index (κ3) is 11.2. The molecule has 2 aliphatic heterocycles. The molecule has 248 valence electrons. The van der Waals surface area contributed by atoms with Crippen LogP contribution in [0.25, 0.3) is 0 Å². The molecular formula is C30H46BN5O9. The van der Waals surface area contributed by atoms with Gasteiger partial charge in [-0.05, 0) is 97.9 Å². The summed E-state index contributed by atoms with van der Waals surface area (Å²) in [6, 6.07) is 4.73. The molecular weight excluding hydrogens is 585 g/mol. The van der Waals surface area contributed by atoms with Crippen molar-refractivity contribution in [3.63, 3.8) is 0 Å². The molecule has 2 heterocycles. The Balaban J connectivity index is 1.45. The summed E-state index contributed by atoms with van der Waals surface area (Å²) >= 11 is 0. The maximum atomic E-state index is 12.9. The number of carbonyl (C=O) groups excluding carboxylic acids is 3. The number of fused-ring (bicyclic) bond motifs is 1. The van der Waals surface area contributed by atoms with Crippen molar-refractivity contribution >= 4 is 37.1 Å². The number of benzene rings is 1. The number of piperidine rings is 1. The average Bonchev–Trinajstić information content (AvgIpc) is 2.90. The first-order valence-electron chi connectivity index (χ1n) is 15.2. The fourth-order valence-corrected chi connectivity index (χ4v) is 5.15. The molecule has 1 aromatic carbocycles. The molecule has 1 atom stereocenters. The van der Waals surface area contributed by atoms with E-state index in [2.05, 4.69) is 15.5 Å². The maximum Gasteiger partial charge on any atom is 0.547 e. The minimum atomic E-state index is -1.36. The van der Waals surface area contributed by atoms with E-state index in [0.717, 1.165) is 30.8 Å². The number of para-hydroxylation sites is 1. The Morgan fingerprint density at radius 1 is 1.09 bits per heavy atom. The quantitative estimate of drug-likeness (QED) is 0.162. The van der Waals surface area contributed by atoms with Gasteiger partial charge in [0.2, 0.25) is 11.9 Å². The lowest BCUT2D eigenvalue weighted by molar-refractivity contribution is -0.121. The fourth-order valence-electron chi connectivity index (χ4n) is 5.15. The first kappa shape index (κ1) is 35.6. The van der Waals surface area contributed by atoms with E-state index < -0.39 is 48.4 Å². The zero-order valence-electron chi connectivity index (χ0n) is 27.0. The SMILES string of the molecule is CC(C)(C)OC(=O)NC(=N)N(CCN1CCC(CCC(=O)NC2Cc3cccc(C(=O)O)c3OB2O)CC1)C(=O)OC(C)(C)C. The maximum absolute atomic E-state index is 12.9. The number of carbonyl (C=O) groups is 4. The number of amides is 3. The largest absolute Gasteiger partial charge is 0.547 e. The minimum Gasteiger partial charge on any atom is -0.534 e. The first-order chi connectivity index (χ1) is 20.9. The summed E-state index contributed by atoms with van der Waals surface area (Å²) in [7, 11) is -1.36. The molecule has 1 saturated heterocycles. The van der Waals surface area contributed by atoms with Gasteiger partial charge in [-0.15, -0.1) is 0 Å². The van der Waals surface area contributed by atoms with Crippen LogP contribution < -0.4 is 15.3 Å². The van der Waals surface area contributed by atoms with E-state index in [1.54, 1.807) is 53.7 Å². The van der Waals surface area contributed by atoms with Crippen molar-refractivity contribution in [2.24, 2.45) is 5.92 Å². The molecule has 0 saturated carbocycles. The van der Waals surface area contributed by atoms with Gasteiger partial charge in [0.1, 0.15) is 17.0 Å². The Hall–Kier alpha value is -3.85. The van der Waals surface area contributed by atoms with Crippen molar-refractivity contribution < 1.29 is 43.4 Å². The van der Waals surface area contributed by atoms with E-state index in [0.29, 0.717) is 24.4 Å². The molecule has 0 aliphatic carbocycles. The van der Waals surface area contributed by atoms with Crippen LogP contribution in [0, 0.1) is 11.3 Å². The predicted molar refractivity (Wildman–Crippen MR) is 166 cm³/mol. The van der Waals surface area contributed by atoms with Gasteiger partial charge in [-0.2, -0.15) is 0 Å². The molecule has 2 aliphatic rings. The number of alkyl carbamates (subject to hydrolysis) is 1. The molecule has 3 amide bonds. The lowest BCUT2D eigenvalue weighted by Crippen LogP contribution is -2.53. The molecule has 0 aromatic heterocycles. The van der Waals surface area contributed by atoms with Gasteiger partial charge in [0.25, 0.3) is 0 Å². The molecule has 14 nitrogen and oxygen atoms in total. The zero-order chi connectivity index (χ0) is 33.5. The van der Waals surface area contributed by atoms with E-state index in [-0.39, 0.29) is 36.6 Å². The predicted octanol–water partition coefficient (Wildman–Crippen LogP) is 3.01. The van der Waals surface area contributed by atoms with E-state index in [1.807, 2.05) is 0 Å². The molecule has 5 N–H and O–H groups in total. The van der Waals surface area contributed by atoms with E-state index in [9.17, 15) is 29.3 Å². The number of likely N-dealkylation sites (tertiary alicyclic amines) is 1. The highest BCUT2D eigenvalue weighted by atomic mass is 16.6. The number of carboxylic acid groups (broad SMARTS) is 1. The number of hydrogen-bond donors (Lipinski definition) is 5. The number of carboxylic acids is 1. The number of nitrogens with zero attached hydrogens (tertiary/aromatic N) is 2. The minimum absolute atomic E-state index is 0.0315. The van der Waals surface area contributed by atoms with E-state index in [4.69, 9.17) is 19.5 Å². The van der Waals surface area contributed by atoms with Crippen LogP contribution in [0.1, 0.15) is 83.1 Å². The second-order valence-corrected chi connectivity index (χ2v) is 13.4. The van der Waals surface area contributed by atoms with Gasteiger partial charge in [0, 0.05) is 19.5 Å². The number of guanidine groups is 1. The first-order valence-corrected chi connectivity index (χ1v) is 15.2. The van der Waals surface area contributed by atoms with Crippen LogP contribution in [0.2, 0.25) is 0 Å². The highest BCUT2D eigenvalue weighted by Crippen LogP contribution is 2.30. The Labute approximate surface area is 264 Å². The number of nitrogens with one attached hydrogen (secondary N) is 3. The molecule has 45 heavy (non-hydrogen) atoms. The van der Waals surface area contributed by atoms with Crippen molar-refractivity contribution in [1.82, 2.24) is 20.4 Å². The summed E-state index contributed by atoms with van der Waals surface area (Å²) < 4.78 is 16.1. The summed E-state index contributed by atoms with van der Waals surface area (Å²) in [6.07, 6.45) is 1.29. The van der Waals surface area contributed by atoms with Crippen molar-refractivity contribution in [2.75, 3.05) is 26.2 Å². The van der Waals surface area contributed by atoms with Gasteiger partial charge in [-0.25, -0.2) is 19.3 Å². The summed E-state index contributed by atoms with van der Waals surface area (Å²) in [5, 5.41) is 33.3. The molecule has 1 aromatic rings. The Bertz CT molecular complexity index is 1260. The molecule has 0 bridgehead atoms. The molecule has 1 fully saturated rings. The van der Waals surface area contributed by atoms with Gasteiger partial charge in [-0.3, -0.25) is 15.5 Å². The molecule has 0 radical (unpaired) electrons. The highest BCUT2D eigenvalue weighted by molar-refractivity contribution is 6.47. The normalized spacial score (nSPS) is 17.4. The van der Waals surface area contributed by atoms with Gasteiger partial charge >= 0.3 is 25.3 Å². The highest BCUT2D eigenvalue weighted by Gasteiger charge is 2.38. The average molecular weight is 632 g/mol. The van der Waals surface area contributed by atoms with Crippen molar-refractivity contribution in [3.05, 3.63) is 29.3 Å². The Kier molecular flexibility index (Phi) is 11.8. The van der Waals surface area contributed by atoms with Crippen LogP contribution in [0.3, 0.4) is 0 Å². The summed E-state index contributed by atoms with van der Waals surface area (Å²) in [6.45, 7) is 12.3. The third-order valence-corrected chi connectivity index (χ3v) is 7.33. The lowest BCUT2D eigenvalue weighted by atomic mass is 9.72. The van der Waals surface area contributed by atoms with Gasteiger partial charge in [0.05, 0.1) is 11.5 Å². The number of rotatable bonds is 8. The van der Waals surface area contributed by atoms with Crippen molar-refractivity contribution in [1.29, 1.82) is 5.41 Å². The van der Waals surface area contributed by atoms with Crippen LogP contribution in [0.5, 0.6) is 5.75 Å². The van der Waals surface area contributed by atoms with Crippen LogP contribution in [-0.2, 0) is 20.7 Å². The molecule has 3 rings (SSSR count). The summed E-state index contributed by atoms with van der Waals surface area (Å²) in [5.74, 6) is -2.05. The Morgan fingerprint density at radius 3 is 2.33 bits per heavy atom. The van der Waals surface area contributed by atoms with Gasteiger partial charge < -0.3 is 34.5 Å². The second-order valence-electron chi connectivity index (χ2n) is 13.4. The van der Waals surface area contributed by atoms with E-state index in [1.165, 1.54) is 6.07 Å². The zero-order valence-corrected chi connectivity index (χ0v) is 27.0. The van der Waals surface area contributed by atoms with Crippen LogP contribution in [0.15, 0.2) is 18.2 Å². The molecule has 1 unspecified atom stereocenters.